The number of carbonyl (C=O) groups is 1. The summed E-state index contributed by atoms with van der Waals surface area (Å²) in [6.07, 6.45) is 8.71. The molecule has 2 fully saturated rings. The highest BCUT2D eigenvalue weighted by Gasteiger charge is 2.21. The standard InChI is InChI=1S/C21H35N5OS/c1-2-22-21(23-13-10-19(27)24-17-7-4-3-5-8-17)25-18-11-14-26(15-12-18)20-9-6-16-28-20/h6,9,16-18H,2-5,7-8,10-15H2,1H3,(H,24,27)(H2,22,23,25). The van der Waals surface area contributed by atoms with Gasteiger partial charge in [0.05, 0.1) is 11.5 Å². The lowest BCUT2D eigenvalue weighted by Gasteiger charge is -2.33. The monoisotopic (exact) mass is 405 g/mol. The number of amides is 1. The van der Waals surface area contributed by atoms with Crippen LogP contribution in [-0.4, -0.2) is 50.1 Å². The second kappa shape index (κ2) is 11.3. The average molecular weight is 406 g/mol. The second-order valence-electron chi connectivity index (χ2n) is 7.77. The number of rotatable bonds is 7. The molecule has 1 aliphatic heterocycles. The van der Waals surface area contributed by atoms with E-state index in [2.05, 4.69) is 50.3 Å². The number of nitrogens with one attached hydrogen (secondary N) is 3. The summed E-state index contributed by atoms with van der Waals surface area (Å²) >= 11 is 1.81. The van der Waals surface area contributed by atoms with Gasteiger partial charge in [-0.05, 0) is 50.1 Å². The molecule has 6 nitrogen and oxygen atoms in total. The second-order valence-corrected chi connectivity index (χ2v) is 8.70. The predicted molar refractivity (Wildman–Crippen MR) is 118 cm³/mol. The third kappa shape index (κ3) is 6.69. The predicted octanol–water partition coefficient (Wildman–Crippen LogP) is 3.11. The summed E-state index contributed by atoms with van der Waals surface area (Å²) in [4.78, 5) is 19.3. The fourth-order valence-electron chi connectivity index (χ4n) is 4.02. The van der Waals surface area contributed by atoms with Crippen LogP contribution in [0.15, 0.2) is 22.5 Å². The fourth-order valence-corrected chi connectivity index (χ4v) is 4.81. The number of aliphatic imine (C=N–C) groups is 1. The molecule has 0 aromatic carbocycles. The SMILES string of the molecule is CCNC(=NCCC(=O)NC1CCCCC1)NC1CCN(c2cccs2)CC1. The molecule has 1 saturated carbocycles. The maximum Gasteiger partial charge on any atom is 0.222 e. The van der Waals surface area contributed by atoms with Crippen LogP contribution in [0.4, 0.5) is 5.00 Å². The summed E-state index contributed by atoms with van der Waals surface area (Å²) in [5.74, 6) is 0.971. The highest BCUT2D eigenvalue weighted by atomic mass is 32.1. The number of anilines is 1. The minimum atomic E-state index is 0.135. The minimum Gasteiger partial charge on any atom is -0.363 e. The van der Waals surface area contributed by atoms with Crippen molar-refractivity contribution < 1.29 is 4.79 Å². The molecule has 0 unspecified atom stereocenters. The van der Waals surface area contributed by atoms with Gasteiger partial charge in [0, 0.05) is 38.1 Å². The molecule has 1 amide bonds. The van der Waals surface area contributed by atoms with Crippen LogP contribution >= 0.6 is 11.3 Å². The molecule has 0 spiro atoms. The topological polar surface area (TPSA) is 68.8 Å². The van der Waals surface area contributed by atoms with Crippen LogP contribution in [0.3, 0.4) is 0 Å². The molecule has 156 valence electrons. The lowest BCUT2D eigenvalue weighted by Crippen LogP contribution is -2.48. The number of nitrogens with zero attached hydrogens (tertiary/aromatic N) is 2. The van der Waals surface area contributed by atoms with Crippen LogP contribution in [0.1, 0.15) is 58.3 Å². The van der Waals surface area contributed by atoms with E-state index in [4.69, 9.17) is 0 Å². The smallest absolute Gasteiger partial charge is 0.222 e. The quantitative estimate of drug-likeness (QED) is 0.482. The number of hydrogen-bond donors (Lipinski definition) is 3. The molecule has 1 aromatic rings. The molecule has 3 rings (SSSR count). The highest BCUT2D eigenvalue weighted by molar-refractivity contribution is 7.14. The van der Waals surface area contributed by atoms with Gasteiger partial charge in [-0.2, -0.15) is 0 Å². The van der Waals surface area contributed by atoms with Gasteiger partial charge < -0.3 is 20.9 Å². The van der Waals surface area contributed by atoms with Crippen molar-refractivity contribution in [1.82, 2.24) is 16.0 Å². The fraction of sp³-hybridized carbons (Fsp3) is 0.714. The van der Waals surface area contributed by atoms with Gasteiger partial charge in [-0.25, -0.2) is 0 Å². The van der Waals surface area contributed by atoms with Crippen LogP contribution in [0.25, 0.3) is 0 Å². The Labute approximate surface area is 173 Å². The van der Waals surface area contributed by atoms with E-state index < -0.39 is 0 Å². The van der Waals surface area contributed by atoms with Crippen LogP contribution in [0.2, 0.25) is 0 Å². The normalized spacial score (nSPS) is 19.5. The number of guanidine groups is 1. The Kier molecular flexibility index (Phi) is 8.45. The number of thiophene rings is 1. The Balaban J connectivity index is 1.39. The maximum atomic E-state index is 12.2. The van der Waals surface area contributed by atoms with Crippen molar-refractivity contribution in [3.8, 4) is 0 Å². The van der Waals surface area contributed by atoms with E-state index in [1.807, 2.05) is 11.3 Å². The van der Waals surface area contributed by atoms with Gasteiger partial charge in [-0.1, -0.05) is 19.3 Å². The van der Waals surface area contributed by atoms with E-state index in [-0.39, 0.29) is 5.91 Å². The van der Waals surface area contributed by atoms with E-state index in [0.717, 1.165) is 51.3 Å². The first kappa shape index (κ1) is 21.0. The van der Waals surface area contributed by atoms with Crippen molar-refractivity contribution in [2.75, 3.05) is 31.1 Å². The molecular weight excluding hydrogens is 370 g/mol. The number of carbonyl (C=O) groups excluding carboxylic acids is 1. The lowest BCUT2D eigenvalue weighted by molar-refractivity contribution is -0.121. The van der Waals surface area contributed by atoms with Crippen LogP contribution in [0, 0.1) is 0 Å². The number of hydrogen-bond acceptors (Lipinski definition) is 4. The van der Waals surface area contributed by atoms with Crippen LogP contribution in [0.5, 0.6) is 0 Å². The molecule has 0 bridgehead atoms. The molecule has 0 atom stereocenters. The summed E-state index contributed by atoms with van der Waals surface area (Å²) in [6.45, 7) is 5.57. The third-order valence-electron chi connectivity index (χ3n) is 5.58. The molecule has 1 aliphatic carbocycles. The van der Waals surface area contributed by atoms with Gasteiger partial charge in [0.1, 0.15) is 0 Å². The van der Waals surface area contributed by atoms with Crippen molar-refractivity contribution in [3.63, 3.8) is 0 Å². The summed E-state index contributed by atoms with van der Waals surface area (Å²) in [7, 11) is 0. The minimum absolute atomic E-state index is 0.135. The molecule has 7 heteroatoms. The van der Waals surface area contributed by atoms with E-state index in [1.165, 1.54) is 24.3 Å². The summed E-state index contributed by atoms with van der Waals surface area (Å²) < 4.78 is 0. The van der Waals surface area contributed by atoms with Crippen molar-refractivity contribution in [2.45, 2.75) is 70.4 Å². The van der Waals surface area contributed by atoms with Crippen molar-refractivity contribution in [3.05, 3.63) is 17.5 Å². The summed E-state index contributed by atoms with van der Waals surface area (Å²) in [5, 5.41) is 13.6. The molecule has 1 saturated heterocycles. The molecule has 3 N–H and O–H groups in total. The lowest BCUT2D eigenvalue weighted by atomic mass is 9.95. The molecule has 1 aromatic heterocycles. The summed E-state index contributed by atoms with van der Waals surface area (Å²) in [6, 6.07) is 5.13. The number of piperidine rings is 1. The van der Waals surface area contributed by atoms with Crippen LogP contribution in [-0.2, 0) is 4.79 Å². The molecule has 2 heterocycles. The van der Waals surface area contributed by atoms with Crippen LogP contribution < -0.4 is 20.9 Å². The Morgan fingerprint density at radius 1 is 1.14 bits per heavy atom. The van der Waals surface area contributed by atoms with Crippen molar-refractivity contribution >= 4 is 28.2 Å². The Morgan fingerprint density at radius 3 is 2.57 bits per heavy atom. The Bertz CT molecular complexity index is 604. The third-order valence-corrected chi connectivity index (χ3v) is 6.51. The van der Waals surface area contributed by atoms with Gasteiger partial charge >= 0.3 is 0 Å². The Hall–Kier alpha value is -1.76. The molecule has 28 heavy (non-hydrogen) atoms. The Morgan fingerprint density at radius 2 is 1.89 bits per heavy atom. The molecule has 2 aliphatic rings. The first-order valence-corrected chi connectivity index (χ1v) is 11.7. The molecular formula is C21H35N5OS. The zero-order valence-electron chi connectivity index (χ0n) is 17.1. The van der Waals surface area contributed by atoms with Crippen molar-refractivity contribution in [1.29, 1.82) is 0 Å². The van der Waals surface area contributed by atoms with E-state index in [9.17, 15) is 4.79 Å². The zero-order valence-corrected chi connectivity index (χ0v) is 17.9. The largest absolute Gasteiger partial charge is 0.363 e. The first-order chi connectivity index (χ1) is 13.7. The van der Waals surface area contributed by atoms with Gasteiger partial charge in [0.25, 0.3) is 0 Å². The first-order valence-electron chi connectivity index (χ1n) is 10.9. The maximum absolute atomic E-state index is 12.2. The van der Waals surface area contributed by atoms with Gasteiger partial charge in [0.15, 0.2) is 5.96 Å². The summed E-state index contributed by atoms with van der Waals surface area (Å²) in [5.41, 5.74) is 0. The van der Waals surface area contributed by atoms with E-state index in [0.29, 0.717) is 25.0 Å². The zero-order chi connectivity index (χ0) is 19.6. The highest BCUT2D eigenvalue weighted by Crippen LogP contribution is 2.24. The van der Waals surface area contributed by atoms with Crippen molar-refractivity contribution in [2.24, 2.45) is 4.99 Å². The van der Waals surface area contributed by atoms with E-state index in [1.54, 1.807) is 0 Å². The molecule has 0 radical (unpaired) electrons. The van der Waals surface area contributed by atoms with Gasteiger partial charge in [-0.15, -0.1) is 11.3 Å². The van der Waals surface area contributed by atoms with E-state index >= 15 is 0 Å². The average Bonchev–Trinajstić information content (AvgIpc) is 3.24. The van der Waals surface area contributed by atoms with Gasteiger partial charge in [-0.3, -0.25) is 9.79 Å². The van der Waals surface area contributed by atoms with Gasteiger partial charge in [0.2, 0.25) is 5.91 Å².